The quantitative estimate of drug-likeness (QED) is 0.481. The second kappa shape index (κ2) is 8.50. The van der Waals surface area contributed by atoms with E-state index in [9.17, 15) is 14.4 Å². The topological polar surface area (TPSA) is 111 Å². The Hall–Kier alpha value is -4.46. The van der Waals surface area contributed by atoms with Crippen molar-refractivity contribution in [1.29, 1.82) is 0 Å². The Kier molecular flexibility index (Phi) is 5.44. The van der Waals surface area contributed by atoms with Crippen molar-refractivity contribution in [1.82, 2.24) is 4.98 Å². The molecule has 0 spiro atoms. The monoisotopic (exact) mass is 415 g/mol. The van der Waals surface area contributed by atoms with Crippen molar-refractivity contribution in [3.8, 4) is 11.5 Å². The summed E-state index contributed by atoms with van der Waals surface area (Å²) in [5.41, 5.74) is 1.72. The summed E-state index contributed by atoms with van der Waals surface area (Å²) in [4.78, 5) is 40.7. The number of carbonyl (C=O) groups is 2. The lowest BCUT2D eigenvalue weighted by Gasteiger charge is -2.11. The van der Waals surface area contributed by atoms with Crippen LogP contribution in [-0.4, -0.2) is 24.1 Å². The molecule has 0 bridgehead atoms. The number of rotatable bonds is 4. The largest absolute Gasteiger partial charge is 0.465 e. The number of para-hydroxylation sites is 2. The first-order chi connectivity index (χ1) is 15.0. The molecule has 1 heterocycles. The summed E-state index contributed by atoms with van der Waals surface area (Å²) in [7, 11) is 1.30. The summed E-state index contributed by atoms with van der Waals surface area (Å²) in [5.74, 6) is -0.365. The lowest BCUT2D eigenvalue weighted by Crippen LogP contribution is -2.20. The Balaban J connectivity index is 1.57. The molecule has 0 aliphatic heterocycles. The zero-order valence-electron chi connectivity index (χ0n) is 16.4. The zero-order valence-corrected chi connectivity index (χ0v) is 16.4. The average molecular weight is 415 g/mol. The molecule has 8 nitrogen and oxygen atoms in total. The van der Waals surface area contributed by atoms with Crippen LogP contribution in [0.5, 0.6) is 0 Å². The van der Waals surface area contributed by atoms with Crippen molar-refractivity contribution in [3.63, 3.8) is 0 Å². The molecule has 0 saturated carbocycles. The number of nitrogens with one attached hydrogen (secondary N) is 2. The summed E-state index contributed by atoms with van der Waals surface area (Å²) in [6.07, 6.45) is 0. The third-order valence-corrected chi connectivity index (χ3v) is 4.50. The summed E-state index contributed by atoms with van der Waals surface area (Å²) in [5, 5.41) is 5.79. The molecule has 2 N–H and O–H groups in total. The number of urea groups is 1. The van der Waals surface area contributed by atoms with Crippen LogP contribution in [0.1, 0.15) is 10.4 Å². The van der Waals surface area contributed by atoms with Crippen LogP contribution >= 0.6 is 0 Å². The number of aromatic nitrogens is 1. The van der Waals surface area contributed by atoms with E-state index in [0.717, 1.165) is 0 Å². The first kappa shape index (κ1) is 19.8. The molecule has 0 saturated heterocycles. The SMILES string of the molecule is COC(=O)c1ccc(NC(=O)Nc2ccccc2-c2nc3ccccc3c(=O)o2)cc1. The van der Waals surface area contributed by atoms with Crippen molar-refractivity contribution in [2.75, 3.05) is 17.7 Å². The van der Waals surface area contributed by atoms with Crippen molar-refractivity contribution in [2.24, 2.45) is 0 Å². The molecule has 0 aliphatic rings. The Morgan fingerprint density at radius 1 is 0.903 bits per heavy atom. The molecule has 154 valence electrons. The Bertz CT molecular complexity index is 1330. The van der Waals surface area contributed by atoms with Gasteiger partial charge in [-0.1, -0.05) is 24.3 Å². The van der Waals surface area contributed by atoms with E-state index in [4.69, 9.17) is 4.42 Å². The van der Waals surface area contributed by atoms with Crippen LogP contribution in [0.3, 0.4) is 0 Å². The molecular formula is C23H17N3O5. The normalized spacial score (nSPS) is 10.5. The van der Waals surface area contributed by atoms with Gasteiger partial charge < -0.3 is 19.8 Å². The first-order valence-corrected chi connectivity index (χ1v) is 9.31. The molecular weight excluding hydrogens is 398 g/mol. The molecule has 4 aromatic rings. The van der Waals surface area contributed by atoms with E-state index >= 15 is 0 Å². The van der Waals surface area contributed by atoms with Gasteiger partial charge in [-0.25, -0.2) is 19.4 Å². The van der Waals surface area contributed by atoms with Gasteiger partial charge in [0, 0.05) is 5.69 Å². The summed E-state index contributed by atoms with van der Waals surface area (Å²) >= 11 is 0. The van der Waals surface area contributed by atoms with Crippen LogP contribution in [0.4, 0.5) is 16.2 Å². The fourth-order valence-electron chi connectivity index (χ4n) is 3.00. The van der Waals surface area contributed by atoms with Crippen molar-refractivity contribution in [3.05, 3.63) is 88.8 Å². The third-order valence-electron chi connectivity index (χ3n) is 4.50. The molecule has 31 heavy (non-hydrogen) atoms. The molecule has 8 heteroatoms. The maximum Gasteiger partial charge on any atom is 0.347 e. The van der Waals surface area contributed by atoms with E-state index < -0.39 is 17.6 Å². The van der Waals surface area contributed by atoms with E-state index in [1.807, 2.05) is 0 Å². The molecule has 2 amide bonds. The van der Waals surface area contributed by atoms with Gasteiger partial charge in [-0.2, -0.15) is 0 Å². The van der Waals surface area contributed by atoms with Crippen LogP contribution in [0, 0.1) is 0 Å². The van der Waals surface area contributed by atoms with Gasteiger partial charge in [-0.05, 0) is 48.5 Å². The van der Waals surface area contributed by atoms with E-state index in [0.29, 0.717) is 33.4 Å². The lowest BCUT2D eigenvalue weighted by molar-refractivity contribution is 0.0600. The first-order valence-electron chi connectivity index (χ1n) is 9.31. The number of hydrogen-bond acceptors (Lipinski definition) is 6. The van der Waals surface area contributed by atoms with Crippen LogP contribution in [0.15, 0.2) is 82.0 Å². The van der Waals surface area contributed by atoms with Crippen molar-refractivity contribution in [2.45, 2.75) is 0 Å². The second-order valence-corrected chi connectivity index (χ2v) is 6.52. The highest BCUT2D eigenvalue weighted by molar-refractivity contribution is 6.02. The number of anilines is 2. The van der Waals surface area contributed by atoms with Gasteiger partial charge in [0.05, 0.1) is 34.8 Å². The van der Waals surface area contributed by atoms with Gasteiger partial charge in [0.1, 0.15) is 0 Å². The summed E-state index contributed by atoms with van der Waals surface area (Å²) in [6, 6.07) is 19.5. The minimum absolute atomic E-state index is 0.0991. The highest BCUT2D eigenvalue weighted by atomic mass is 16.5. The molecule has 0 radical (unpaired) electrons. The molecule has 3 aromatic carbocycles. The van der Waals surface area contributed by atoms with Crippen molar-refractivity contribution >= 4 is 34.3 Å². The number of methoxy groups -OCH3 is 1. The molecule has 1 aromatic heterocycles. The Morgan fingerprint density at radius 2 is 1.61 bits per heavy atom. The van der Waals surface area contributed by atoms with E-state index in [1.54, 1.807) is 72.8 Å². The number of hydrogen-bond donors (Lipinski definition) is 2. The number of esters is 1. The standard InChI is InChI=1S/C23H17N3O5/c1-30-21(27)14-10-12-15(13-11-14)24-23(29)26-18-8-4-2-6-16(18)20-25-19-9-5-3-7-17(19)22(28)31-20/h2-13H,1H3,(H2,24,26,29). The molecule has 0 atom stereocenters. The van der Waals surface area contributed by atoms with Crippen molar-refractivity contribution < 1.29 is 18.7 Å². The predicted octanol–water partition coefficient (Wildman–Crippen LogP) is 4.29. The van der Waals surface area contributed by atoms with Crippen LogP contribution < -0.4 is 16.3 Å². The molecule has 0 aliphatic carbocycles. The number of amides is 2. The van der Waals surface area contributed by atoms with Gasteiger partial charge in [-0.15, -0.1) is 0 Å². The fourth-order valence-corrected chi connectivity index (χ4v) is 3.00. The number of benzene rings is 3. The highest BCUT2D eigenvalue weighted by Gasteiger charge is 2.14. The summed E-state index contributed by atoms with van der Waals surface area (Å²) in [6.45, 7) is 0. The Morgan fingerprint density at radius 3 is 2.39 bits per heavy atom. The predicted molar refractivity (Wildman–Crippen MR) is 116 cm³/mol. The van der Waals surface area contributed by atoms with E-state index in [-0.39, 0.29) is 5.89 Å². The van der Waals surface area contributed by atoms with Gasteiger partial charge >= 0.3 is 17.6 Å². The summed E-state index contributed by atoms with van der Waals surface area (Å²) < 4.78 is 10.0. The molecule has 4 rings (SSSR count). The fraction of sp³-hybridized carbons (Fsp3) is 0.0435. The van der Waals surface area contributed by atoms with Crippen LogP contribution in [0.25, 0.3) is 22.4 Å². The number of nitrogens with zero attached hydrogens (tertiary/aromatic N) is 1. The molecule has 0 fully saturated rings. The van der Waals surface area contributed by atoms with E-state index in [2.05, 4.69) is 20.4 Å². The van der Waals surface area contributed by atoms with Gasteiger partial charge in [0.2, 0.25) is 5.89 Å². The zero-order chi connectivity index (χ0) is 21.8. The van der Waals surface area contributed by atoms with Gasteiger partial charge in [-0.3, -0.25) is 0 Å². The van der Waals surface area contributed by atoms with Gasteiger partial charge in [0.15, 0.2) is 0 Å². The van der Waals surface area contributed by atoms with Gasteiger partial charge in [0.25, 0.3) is 0 Å². The third kappa shape index (κ3) is 4.27. The maximum absolute atomic E-state index is 12.5. The average Bonchev–Trinajstić information content (AvgIpc) is 2.79. The maximum atomic E-state index is 12.5. The lowest BCUT2D eigenvalue weighted by atomic mass is 10.1. The smallest absolute Gasteiger partial charge is 0.347 e. The van der Waals surface area contributed by atoms with Crippen LogP contribution in [0.2, 0.25) is 0 Å². The number of ether oxygens (including phenoxy) is 1. The van der Waals surface area contributed by atoms with Crippen LogP contribution in [-0.2, 0) is 4.74 Å². The molecule has 0 unspecified atom stereocenters. The second-order valence-electron chi connectivity index (χ2n) is 6.52. The minimum atomic E-state index is -0.513. The number of carbonyl (C=O) groups excluding carboxylic acids is 2. The minimum Gasteiger partial charge on any atom is -0.465 e. The Labute approximate surface area is 176 Å². The number of fused-ring (bicyclic) bond motifs is 1. The highest BCUT2D eigenvalue weighted by Crippen LogP contribution is 2.27. The van der Waals surface area contributed by atoms with E-state index in [1.165, 1.54) is 7.11 Å².